The number of carbonyl (C=O) groups excluding carboxylic acids is 1. The summed E-state index contributed by atoms with van der Waals surface area (Å²) in [6, 6.07) is 5.41. The van der Waals surface area contributed by atoms with Crippen LogP contribution >= 0.6 is 0 Å². The molecule has 1 fully saturated rings. The Labute approximate surface area is 154 Å². The van der Waals surface area contributed by atoms with E-state index in [-0.39, 0.29) is 11.9 Å². The number of hydrogen-bond acceptors (Lipinski definition) is 4. The summed E-state index contributed by atoms with van der Waals surface area (Å²) >= 11 is 0. The molecule has 1 aliphatic heterocycles. The molecule has 8 heteroatoms. The van der Waals surface area contributed by atoms with Gasteiger partial charge in [0, 0.05) is 50.3 Å². The number of aromatic nitrogens is 3. The van der Waals surface area contributed by atoms with Gasteiger partial charge in [0.1, 0.15) is 17.3 Å². The van der Waals surface area contributed by atoms with E-state index in [9.17, 15) is 13.6 Å². The van der Waals surface area contributed by atoms with Crippen LogP contribution in [0.4, 0.5) is 8.78 Å². The van der Waals surface area contributed by atoms with E-state index in [4.69, 9.17) is 0 Å². The fraction of sp³-hybridized carbons (Fsp3) is 0.316. The van der Waals surface area contributed by atoms with E-state index < -0.39 is 11.6 Å². The first-order chi connectivity index (χ1) is 13.1. The summed E-state index contributed by atoms with van der Waals surface area (Å²) in [7, 11) is 0. The molecular weight excluding hydrogens is 352 g/mol. The number of imidazole rings is 1. The summed E-state index contributed by atoms with van der Waals surface area (Å²) in [6.07, 6.45) is 6.62. The van der Waals surface area contributed by atoms with Gasteiger partial charge in [-0.1, -0.05) is 0 Å². The third-order valence-electron chi connectivity index (χ3n) is 4.72. The van der Waals surface area contributed by atoms with E-state index >= 15 is 0 Å². The zero-order valence-electron chi connectivity index (χ0n) is 14.6. The number of nitrogens with zero attached hydrogens (tertiary/aromatic N) is 4. The normalized spacial score (nSPS) is 15.9. The maximum absolute atomic E-state index is 13.3. The number of nitrogens with one attached hydrogen (secondary N) is 1. The quantitative estimate of drug-likeness (QED) is 0.765. The predicted octanol–water partition coefficient (Wildman–Crippen LogP) is 2.40. The molecule has 0 bridgehead atoms. The van der Waals surface area contributed by atoms with Gasteiger partial charge in [-0.05, 0) is 36.6 Å². The summed E-state index contributed by atoms with van der Waals surface area (Å²) in [6.45, 7) is 1.99. The Kier molecular flexibility index (Phi) is 4.81. The van der Waals surface area contributed by atoms with E-state index in [1.54, 1.807) is 29.1 Å². The Bertz CT molecular complexity index is 912. The Balaban J connectivity index is 1.31. The van der Waals surface area contributed by atoms with Crippen molar-refractivity contribution in [3.8, 4) is 0 Å². The van der Waals surface area contributed by atoms with Crippen molar-refractivity contribution in [1.82, 2.24) is 24.6 Å². The molecule has 0 saturated carbocycles. The molecular formula is C19H19F2N5O. The Morgan fingerprint density at radius 1 is 1.19 bits per heavy atom. The average Bonchev–Trinajstić information content (AvgIpc) is 3.07. The highest BCUT2D eigenvalue weighted by Gasteiger charge is 2.22. The fourth-order valence-corrected chi connectivity index (χ4v) is 3.39. The van der Waals surface area contributed by atoms with Crippen LogP contribution in [0.25, 0.3) is 5.78 Å². The lowest BCUT2D eigenvalue weighted by atomic mass is 10.0. The van der Waals surface area contributed by atoms with Crippen LogP contribution in [0.2, 0.25) is 0 Å². The minimum atomic E-state index is -0.561. The molecule has 0 spiro atoms. The summed E-state index contributed by atoms with van der Waals surface area (Å²) in [5, 5.41) is 3.01. The van der Waals surface area contributed by atoms with E-state index in [1.165, 1.54) is 12.1 Å². The molecule has 4 rings (SSSR count). The van der Waals surface area contributed by atoms with E-state index in [2.05, 4.69) is 20.2 Å². The van der Waals surface area contributed by atoms with Crippen molar-refractivity contribution in [3.05, 3.63) is 65.7 Å². The Hall–Kier alpha value is -2.87. The second-order valence-electron chi connectivity index (χ2n) is 6.75. The molecule has 1 aliphatic rings. The maximum Gasteiger partial charge on any atom is 0.271 e. The van der Waals surface area contributed by atoms with Gasteiger partial charge < -0.3 is 5.32 Å². The van der Waals surface area contributed by atoms with Gasteiger partial charge in [0.25, 0.3) is 5.91 Å². The van der Waals surface area contributed by atoms with Gasteiger partial charge in [-0.2, -0.15) is 0 Å². The standard InChI is InChI=1S/C19H19F2N5O/c20-14-8-13(9-15(21)10-14)11-25-6-2-16(3-7-25)23-18(27)17-12-26-5-1-4-22-19(26)24-17/h1,4-5,8-10,12,16H,2-3,6-7,11H2,(H,23,27). The number of hydrogen-bond donors (Lipinski definition) is 1. The first-order valence-corrected chi connectivity index (χ1v) is 8.85. The van der Waals surface area contributed by atoms with E-state index in [0.717, 1.165) is 32.0 Å². The first kappa shape index (κ1) is 17.5. The zero-order chi connectivity index (χ0) is 18.8. The summed E-state index contributed by atoms with van der Waals surface area (Å²) in [5.74, 6) is -0.853. The molecule has 0 radical (unpaired) electrons. The van der Waals surface area contributed by atoms with Crippen LogP contribution in [0, 0.1) is 11.6 Å². The summed E-state index contributed by atoms with van der Waals surface area (Å²) in [5.41, 5.74) is 0.957. The van der Waals surface area contributed by atoms with Gasteiger partial charge >= 0.3 is 0 Å². The topological polar surface area (TPSA) is 62.5 Å². The molecule has 0 aliphatic carbocycles. The molecule has 6 nitrogen and oxygen atoms in total. The van der Waals surface area contributed by atoms with Crippen LogP contribution in [0.15, 0.2) is 42.9 Å². The Morgan fingerprint density at radius 3 is 2.63 bits per heavy atom. The van der Waals surface area contributed by atoms with Crippen molar-refractivity contribution in [2.24, 2.45) is 0 Å². The monoisotopic (exact) mass is 371 g/mol. The zero-order valence-corrected chi connectivity index (χ0v) is 14.6. The third-order valence-corrected chi connectivity index (χ3v) is 4.72. The van der Waals surface area contributed by atoms with Crippen molar-refractivity contribution in [3.63, 3.8) is 0 Å². The van der Waals surface area contributed by atoms with Crippen molar-refractivity contribution < 1.29 is 13.6 Å². The SMILES string of the molecule is O=C(NC1CCN(Cc2cc(F)cc(F)c2)CC1)c1cn2cccnc2n1. The molecule has 3 heterocycles. The van der Waals surface area contributed by atoms with Crippen molar-refractivity contribution >= 4 is 11.7 Å². The van der Waals surface area contributed by atoms with Crippen LogP contribution in [-0.2, 0) is 6.54 Å². The number of piperidine rings is 1. The second kappa shape index (κ2) is 7.40. The molecule has 140 valence electrons. The highest BCUT2D eigenvalue weighted by Crippen LogP contribution is 2.16. The van der Waals surface area contributed by atoms with Gasteiger partial charge in [-0.15, -0.1) is 0 Å². The van der Waals surface area contributed by atoms with Gasteiger partial charge in [-0.3, -0.25) is 14.1 Å². The largest absolute Gasteiger partial charge is 0.348 e. The average molecular weight is 371 g/mol. The molecule has 3 aromatic rings. The molecule has 1 aromatic carbocycles. The molecule has 27 heavy (non-hydrogen) atoms. The van der Waals surface area contributed by atoms with Gasteiger partial charge in [0.15, 0.2) is 0 Å². The smallest absolute Gasteiger partial charge is 0.271 e. The van der Waals surface area contributed by atoms with Crippen LogP contribution in [0.3, 0.4) is 0 Å². The number of benzene rings is 1. The third kappa shape index (κ3) is 4.11. The van der Waals surface area contributed by atoms with Crippen molar-refractivity contribution in [2.75, 3.05) is 13.1 Å². The van der Waals surface area contributed by atoms with Crippen LogP contribution in [0.1, 0.15) is 28.9 Å². The number of likely N-dealkylation sites (tertiary alicyclic amines) is 1. The van der Waals surface area contributed by atoms with Crippen LogP contribution in [0.5, 0.6) is 0 Å². The maximum atomic E-state index is 13.3. The lowest BCUT2D eigenvalue weighted by Crippen LogP contribution is -2.44. The van der Waals surface area contributed by atoms with Gasteiger partial charge in [-0.25, -0.2) is 18.7 Å². The van der Waals surface area contributed by atoms with Crippen molar-refractivity contribution in [2.45, 2.75) is 25.4 Å². The van der Waals surface area contributed by atoms with Crippen LogP contribution < -0.4 is 5.32 Å². The number of amides is 1. The highest BCUT2D eigenvalue weighted by molar-refractivity contribution is 5.92. The van der Waals surface area contributed by atoms with Gasteiger partial charge in [0.05, 0.1) is 0 Å². The molecule has 0 unspecified atom stereocenters. The second-order valence-corrected chi connectivity index (χ2v) is 6.75. The first-order valence-electron chi connectivity index (χ1n) is 8.85. The van der Waals surface area contributed by atoms with Crippen LogP contribution in [-0.4, -0.2) is 44.3 Å². The summed E-state index contributed by atoms with van der Waals surface area (Å²) in [4.78, 5) is 22.9. The number of fused-ring (bicyclic) bond motifs is 1. The molecule has 1 saturated heterocycles. The van der Waals surface area contributed by atoms with E-state index in [0.29, 0.717) is 23.6 Å². The number of rotatable bonds is 4. The molecule has 0 atom stereocenters. The number of carbonyl (C=O) groups is 1. The molecule has 2 aromatic heterocycles. The number of halogens is 2. The predicted molar refractivity (Wildman–Crippen MR) is 95.1 cm³/mol. The Morgan fingerprint density at radius 2 is 1.93 bits per heavy atom. The summed E-state index contributed by atoms with van der Waals surface area (Å²) < 4.78 is 28.3. The van der Waals surface area contributed by atoms with E-state index in [1.807, 2.05) is 0 Å². The highest BCUT2D eigenvalue weighted by atomic mass is 19.1. The fourth-order valence-electron chi connectivity index (χ4n) is 3.39. The lowest BCUT2D eigenvalue weighted by molar-refractivity contribution is 0.0904. The minimum absolute atomic E-state index is 0.0516. The molecule has 1 amide bonds. The van der Waals surface area contributed by atoms with Crippen molar-refractivity contribution in [1.29, 1.82) is 0 Å². The lowest BCUT2D eigenvalue weighted by Gasteiger charge is -2.32. The van der Waals surface area contributed by atoms with Gasteiger partial charge in [0.2, 0.25) is 5.78 Å². The molecule has 1 N–H and O–H groups in total. The minimum Gasteiger partial charge on any atom is -0.348 e.